The second kappa shape index (κ2) is 6.10. The maximum atomic E-state index is 5.66. The van der Waals surface area contributed by atoms with E-state index < -0.39 is 0 Å². The second-order valence-electron chi connectivity index (χ2n) is 3.63. The normalized spacial score (nSPS) is 13.1. The molecule has 0 amide bonds. The summed E-state index contributed by atoms with van der Waals surface area (Å²) < 4.78 is 5.24. The Kier molecular flexibility index (Phi) is 5.05. The summed E-state index contributed by atoms with van der Waals surface area (Å²) in [7, 11) is 0. The molecule has 1 atom stereocenters. The van der Waals surface area contributed by atoms with Crippen LogP contribution in [0.25, 0.3) is 0 Å². The molecule has 80 valence electrons. The number of unbranched alkanes of at least 4 members (excludes halogenated alkanes) is 1. The highest BCUT2D eigenvalue weighted by Crippen LogP contribution is 2.13. The van der Waals surface area contributed by atoms with E-state index in [-0.39, 0.29) is 0 Å². The van der Waals surface area contributed by atoms with Crippen molar-refractivity contribution in [2.45, 2.75) is 45.7 Å². The van der Waals surface area contributed by atoms with Gasteiger partial charge in [-0.2, -0.15) is 0 Å². The Morgan fingerprint density at radius 1 is 1.50 bits per heavy atom. The SMILES string of the molecule is CCCCC(C)NCc1ccc(Cl)o1. The lowest BCUT2D eigenvalue weighted by molar-refractivity contribution is 0.438. The third-order valence-electron chi connectivity index (χ3n) is 2.24. The predicted molar refractivity (Wildman–Crippen MR) is 59.5 cm³/mol. The maximum Gasteiger partial charge on any atom is 0.193 e. The zero-order valence-corrected chi connectivity index (χ0v) is 9.60. The Balaban J connectivity index is 2.20. The minimum absolute atomic E-state index is 0.461. The van der Waals surface area contributed by atoms with Crippen LogP contribution in [-0.2, 0) is 6.54 Å². The molecule has 0 radical (unpaired) electrons. The fraction of sp³-hybridized carbons (Fsp3) is 0.636. The van der Waals surface area contributed by atoms with Crippen molar-refractivity contribution >= 4 is 11.6 Å². The summed E-state index contributed by atoms with van der Waals surface area (Å²) in [6.45, 7) is 5.16. The lowest BCUT2D eigenvalue weighted by Crippen LogP contribution is -2.24. The molecule has 0 aromatic carbocycles. The second-order valence-corrected chi connectivity index (χ2v) is 4.00. The van der Waals surface area contributed by atoms with Gasteiger partial charge in [-0.3, -0.25) is 0 Å². The Morgan fingerprint density at radius 3 is 2.86 bits per heavy atom. The van der Waals surface area contributed by atoms with Crippen molar-refractivity contribution < 1.29 is 4.42 Å². The number of hydrogen-bond acceptors (Lipinski definition) is 2. The Morgan fingerprint density at radius 2 is 2.29 bits per heavy atom. The zero-order chi connectivity index (χ0) is 10.4. The van der Waals surface area contributed by atoms with E-state index in [0.717, 1.165) is 12.3 Å². The Hall–Kier alpha value is -0.470. The first kappa shape index (κ1) is 11.6. The summed E-state index contributed by atoms with van der Waals surface area (Å²) in [6.07, 6.45) is 3.73. The molecule has 0 spiro atoms. The zero-order valence-electron chi connectivity index (χ0n) is 8.85. The van der Waals surface area contributed by atoms with Crippen LogP contribution in [-0.4, -0.2) is 6.04 Å². The number of nitrogens with one attached hydrogen (secondary N) is 1. The van der Waals surface area contributed by atoms with Crippen LogP contribution in [0.5, 0.6) is 0 Å². The van der Waals surface area contributed by atoms with Gasteiger partial charge in [-0.25, -0.2) is 0 Å². The molecular weight excluding hydrogens is 198 g/mol. The van der Waals surface area contributed by atoms with Gasteiger partial charge in [0.2, 0.25) is 0 Å². The maximum absolute atomic E-state index is 5.66. The van der Waals surface area contributed by atoms with Crippen LogP contribution in [0.15, 0.2) is 16.5 Å². The van der Waals surface area contributed by atoms with Crippen molar-refractivity contribution in [2.75, 3.05) is 0 Å². The van der Waals surface area contributed by atoms with Crippen LogP contribution in [0.2, 0.25) is 5.22 Å². The molecule has 14 heavy (non-hydrogen) atoms. The van der Waals surface area contributed by atoms with E-state index in [0.29, 0.717) is 11.3 Å². The number of rotatable bonds is 6. The highest BCUT2D eigenvalue weighted by atomic mass is 35.5. The molecule has 1 unspecified atom stereocenters. The van der Waals surface area contributed by atoms with Gasteiger partial charge in [-0.1, -0.05) is 19.8 Å². The van der Waals surface area contributed by atoms with Gasteiger partial charge in [0.25, 0.3) is 0 Å². The van der Waals surface area contributed by atoms with Crippen LogP contribution in [0.3, 0.4) is 0 Å². The molecule has 0 aliphatic heterocycles. The van der Waals surface area contributed by atoms with Crippen molar-refractivity contribution in [3.8, 4) is 0 Å². The van der Waals surface area contributed by atoms with Gasteiger partial charge in [0.05, 0.1) is 6.54 Å². The molecule has 0 saturated heterocycles. The molecule has 0 fully saturated rings. The highest BCUT2D eigenvalue weighted by molar-refractivity contribution is 6.28. The van der Waals surface area contributed by atoms with Crippen LogP contribution in [0.4, 0.5) is 0 Å². The smallest absolute Gasteiger partial charge is 0.193 e. The average molecular weight is 216 g/mol. The molecule has 1 aromatic heterocycles. The molecule has 0 aliphatic rings. The standard InChI is InChI=1S/C11H18ClNO/c1-3-4-5-9(2)13-8-10-6-7-11(12)14-10/h6-7,9,13H,3-5,8H2,1-2H3. The average Bonchev–Trinajstić information content (AvgIpc) is 2.58. The summed E-state index contributed by atoms with van der Waals surface area (Å²) in [5.74, 6) is 0.901. The van der Waals surface area contributed by atoms with E-state index >= 15 is 0 Å². The summed E-state index contributed by atoms with van der Waals surface area (Å²) in [5.41, 5.74) is 0. The molecular formula is C11H18ClNO. The fourth-order valence-electron chi connectivity index (χ4n) is 1.33. The summed E-state index contributed by atoms with van der Waals surface area (Å²) in [5, 5.41) is 3.86. The number of halogens is 1. The summed E-state index contributed by atoms with van der Waals surface area (Å²) in [4.78, 5) is 0. The fourth-order valence-corrected chi connectivity index (χ4v) is 1.50. The molecule has 1 N–H and O–H groups in total. The van der Waals surface area contributed by atoms with E-state index in [4.69, 9.17) is 16.0 Å². The molecule has 3 heteroatoms. The first-order chi connectivity index (χ1) is 6.72. The molecule has 1 aromatic rings. The van der Waals surface area contributed by atoms with Crippen LogP contribution < -0.4 is 5.32 Å². The predicted octanol–water partition coefficient (Wildman–Crippen LogP) is 3.60. The van der Waals surface area contributed by atoms with Gasteiger partial charge in [0, 0.05) is 6.04 Å². The number of furan rings is 1. The van der Waals surface area contributed by atoms with Crippen molar-refractivity contribution in [1.82, 2.24) is 5.32 Å². The molecule has 2 nitrogen and oxygen atoms in total. The topological polar surface area (TPSA) is 25.2 Å². The number of hydrogen-bond donors (Lipinski definition) is 1. The largest absolute Gasteiger partial charge is 0.448 e. The monoisotopic (exact) mass is 215 g/mol. The molecule has 1 heterocycles. The quantitative estimate of drug-likeness (QED) is 0.785. The highest BCUT2D eigenvalue weighted by Gasteiger charge is 2.03. The lowest BCUT2D eigenvalue weighted by Gasteiger charge is -2.11. The first-order valence-electron chi connectivity index (χ1n) is 5.20. The Labute approximate surface area is 90.6 Å². The molecule has 0 aliphatic carbocycles. The van der Waals surface area contributed by atoms with E-state index in [1.54, 1.807) is 6.07 Å². The summed E-state index contributed by atoms with van der Waals surface area (Å²) in [6, 6.07) is 4.22. The van der Waals surface area contributed by atoms with Crippen molar-refractivity contribution in [3.05, 3.63) is 23.1 Å². The molecule has 0 saturated carbocycles. The third kappa shape index (κ3) is 4.16. The van der Waals surface area contributed by atoms with E-state index in [1.165, 1.54) is 19.3 Å². The van der Waals surface area contributed by atoms with Crippen molar-refractivity contribution in [2.24, 2.45) is 0 Å². The van der Waals surface area contributed by atoms with Crippen molar-refractivity contribution in [1.29, 1.82) is 0 Å². The van der Waals surface area contributed by atoms with Crippen LogP contribution in [0, 0.1) is 0 Å². The minimum Gasteiger partial charge on any atom is -0.448 e. The molecule has 1 rings (SSSR count). The minimum atomic E-state index is 0.461. The van der Waals surface area contributed by atoms with Gasteiger partial charge in [0.15, 0.2) is 5.22 Å². The van der Waals surface area contributed by atoms with Gasteiger partial charge >= 0.3 is 0 Å². The van der Waals surface area contributed by atoms with E-state index in [2.05, 4.69) is 19.2 Å². The van der Waals surface area contributed by atoms with E-state index in [1.807, 2.05) is 6.07 Å². The van der Waals surface area contributed by atoms with Gasteiger partial charge in [0.1, 0.15) is 5.76 Å². The molecule has 0 bridgehead atoms. The van der Waals surface area contributed by atoms with Gasteiger partial charge in [-0.15, -0.1) is 0 Å². The van der Waals surface area contributed by atoms with Gasteiger partial charge < -0.3 is 9.73 Å². The Bertz CT molecular complexity index is 260. The van der Waals surface area contributed by atoms with Crippen LogP contribution in [0.1, 0.15) is 38.9 Å². The third-order valence-corrected chi connectivity index (χ3v) is 2.45. The van der Waals surface area contributed by atoms with Gasteiger partial charge in [-0.05, 0) is 37.1 Å². The lowest BCUT2D eigenvalue weighted by atomic mass is 10.1. The van der Waals surface area contributed by atoms with Crippen LogP contribution >= 0.6 is 11.6 Å². The van der Waals surface area contributed by atoms with Crippen molar-refractivity contribution in [3.63, 3.8) is 0 Å². The summed E-state index contributed by atoms with van der Waals surface area (Å²) >= 11 is 5.66. The van der Waals surface area contributed by atoms with E-state index in [9.17, 15) is 0 Å². The first-order valence-corrected chi connectivity index (χ1v) is 5.57.